The molecule has 0 saturated carbocycles. The van der Waals surface area contributed by atoms with E-state index in [0.29, 0.717) is 12.8 Å². The van der Waals surface area contributed by atoms with Crippen LogP contribution in [0.5, 0.6) is 0 Å². The van der Waals surface area contributed by atoms with Crippen LogP contribution in [0.2, 0.25) is 0 Å². The van der Waals surface area contributed by atoms with Crippen molar-refractivity contribution in [2.24, 2.45) is 0 Å². The summed E-state index contributed by atoms with van der Waals surface area (Å²) in [4.78, 5) is 13.4. The van der Waals surface area contributed by atoms with Crippen LogP contribution in [0.1, 0.15) is 239 Å². The number of amides is 1. The first-order valence-corrected chi connectivity index (χ1v) is 32.6. The van der Waals surface area contributed by atoms with Crippen molar-refractivity contribution >= 4 is 5.91 Å². The first-order valence-electron chi connectivity index (χ1n) is 32.6. The van der Waals surface area contributed by atoms with Crippen LogP contribution in [0, 0.1) is 0 Å². The summed E-state index contributed by atoms with van der Waals surface area (Å²) in [6, 6.07) is -0.888. The van der Waals surface area contributed by atoms with Gasteiger partial charge in [0.1, 0.15) is 73.2 Å². The lowest BCUT2D eigenvalue weighted by molar-refractivity contribution is -0.379. The van der Waals surface area contributed by atoms with Gasteiger partial charge < -0.3 is 89.9 Å². The van der Waals surface area contributed by atoms with E-state index in [1.54, 1.807) is 0 Å². The average Bonchev–Trinajstić information content (AvgIpc) is 3.40. The van der Waals surface area contributed by atoms with E-state index in [9.17, 15) is 61.0 Å². The van der Waals surface area contributed by atoms with Crippen LogP contribution in [0.4, 0.5) is 0 Å². The van der Waals surface area contributed by atoms with E-state index < -0.39 is 124 Å². The number of hydrogen-bond acceptors (Lipinski definition) is 18. The summed E-state index contributed by atoms with van der Waals surface area (Å²) in [5.41, 5.74) is 0. The van der Waals surface area contributed by atoms with Crippen LogP contribution in [0.25, 0.3) is 0 Å². The summed E-state index contributed by atoms with van der Waals surface area (Å²) in [6.45, 7) is 1.79. The Morgan fingerprint density at radius 3 is 1.24 bits per heavy atom. The number of unbranched alkanes of at least 4 members (excludes halogenated alkanes) is 29. The maximum absolute atomic E-state index is 13.4. The zero-order valence-corrected chi connectivity index (χ0v) is 50.5. The Balaban J connectivity index is 1.46. The van der Waals surface area contributed by atoms with Gasteiger partial charge in [0.2, 0.25) is 5.91 Å². The van der Waals surface area contributed by atoms with Crippen LogP contribution in [-0.2, 0) is 33.2 Å². The predicted molar refractivity (Wildman–Crippen MR) is 314 cm³/mol. The molecule has 12 N–H and O–H groups in total. The quantitative estimate of drug-likeness (QED) is 0.0213. The summed E-state index contributed by atoms with van der Waals surface area (Å²) < 4.78 is 34.4. The van der Waals surface area contributed by atoms with E-state index in [-0.39, 0.29) is 18.9 Å². The lowest BCUT2D eigenvalue weighted by Crippen LogP contribution is -2.66. The number of aliphatic hydroxyl groups is 11. The molecule has 482 valence electrons. The minimum absolute atomic E-state index is 0.246. The largest absolute Gasteiger partial charge is 0.394 e. The number of rotatable bonds is 49. The van der Waals surface area contributed by atoms with Crippen molar-refractivity contribution < 1.29 is 89.4 Å². The third kappa shape index (κ3) is 29.3. The number of aliphatic hydroxyl groups excluding tert-OH is 11. The number of nitrogens with one attached hydrogen (secondary N) is 1. The van der Waals surface area contributed by atoms with E-state index in [0.717, 1.165) is 57.8 Å². The second-order valence-electron chi connectivity index (χ2n) is 23.6. The van der Waals surface area contributed by atoms with Gasteiger partial charge in [-0.15, -0.1) is 0 Å². The van der Waals surface area contributed by atoms with Gasteiger partial charge in [0.05, 0.1) is 38.6 Å². The highest BCUT2D eigenvalue weighted by Crippen LogP contribution is 2.33. The van der Waals surface area contributed by atoms with Crippen molar-refractivity contribution in [3.8, 4) is 0 Å². The van der Waals surface area contributed by atoms with Crippen LogP contribution in [0.3, 0.4) is 0 Å². The molecule has 0 radical (unpaired) electrons. The van der Waals surface area contributed by atoms with Crippen molar-refractivity contribution in [1.29, 1.82) is 0 Å². The maximum atomic E-state index is 13.4. The minimum Gasteiger partial charge on any atom is -0.394 e. The van der Waals surface area contributed by atoms with Gasteiger partial charge in [0, 0.05) is 6.42 Å². The SMILES string of the molecule is CCCCCCC/C=C\C/C=C\CCCCCCCCCCCC(=O)NC(COC1OC(CO)C(OC2OC(CO)C(OC3OC(CO)C(O)C(O)C3O)C(O)C2O)C(O)C1O)C(O)CCCCCCCCCCCCCCCCCC. The van der Waals surface area contributed by atoms with Gasteiger partial charge in [-0.2, -0.15) is 0 Å². The van der Waals surface area contributed by atoms with Gasteiger partial charge >= 0.3 is 0 Å². The summed E-state index contributed by atoms with van der Waals surface area (Å²) in [5.74, 6) is -0.246. The van der Waals surface area contributed by atoms with E-state index in [1.165, 1.54) is 148 Å². The number of allylic oxidation sites excluding steroid dienone is 4. The molecule has 0 aliphatic carbocycles. The first kappa shape index (κ1) is 74.5. The highest BCUT2D eigenvalue weighted by molar-refractivity contribution is 5.76. The third-order valence-electron chi connectivity index (χ3n) is 16.5. The van der Waals surface area contributed by atoms with Crippen LogP contribution >= 0.6 is 0 Å². The Morgan fingerprint density at radius 2 is 0.805 bits per heavy atom. The lowest BCUT2D eigenvalue weighted by atomic mass is 9.96. The smallest absolute Gasteiger partial charge is 0.220 e. The molecule has 19 nitrogen and oxygen atoms in total. The summed E-state index contributed by atoms with van der Waals surface area (Å²) in [5, 5.41) is 120. The van der Waals surface area contributed by atoms with Crippen molar-refractivity contribution in [3.63, 3.8) is 0 Å². The van der Waals surface area contributed by atoms with Gasteiger partial charge in [-0.3, -0.25) is 4.79 Å². The monoisotopic (exact) mass is 1180 g/mol. The molecule has 0 aromatic rings. The lowest BCUT2D eigenvalue weighted by Gasteiger charge is -2.48. The fraction of sp³-hybridized carbons (Fsp3) is 0.921. The summed E-state index contributed by atoms with van der Waals surface area (Å²) in [7, 11) is 0. The van der Waals surface area contributed by atoms with Crippen LogP contribution < -0.4 is 5.32 Å². The van der Waals surface area contributed by atoms with Gasteiger partial charge in [0.15, 0.2) is 18.9 Å². The molecule has 3 saturated heterocycles. The molecule has 0 bridgehead atoms. The molecule has 82 heavy (non-hydrogen) atoms. The molecule has 17 atom stereocenters. The van der Waals surface area contributed by atoms with Gasteiger partial charge in [-0.05, 0) is 44.9 Å². The van der Waals surface area contributed by atoms with E-state index in [1.807, 2.05) is 0 Å². The molecule has 3 heterocycles. The topological polar surface area (TPSA) is 307 Å². The maximum Gasteiger partial charge on any atom is 0.220 e. The van der Waals surface area contributed by atoms with Crippen molar-refractivity contribution in [1.82, 2.24) is 5.32 Å². The molecule has 17 unspecified atom stereocenters. The summed E-state index contributed by atoms with van der Waals surface area (Å²) >= 11 is 0. The van der Waals surface area contributed by atoms with Crippen molar-refractivity contribution in [2.75, 3.05) is 26.4 Å². The first-order chi connectivity index (χ1) is 39.8. The number of carbonyl (C=O) groups excluding carboxylic acids is 1. The molecule has 19 heteroatoms. The van der Waals surface area contributed by atoms with E-state index in [2.05, 4.69) is 43.5 Å². The Kier molecular flexibility index (Phi) is 42.2. The normalized spacial score (nSPS) is 29.7. The molecule has 3 fully saturated rings. The highest BCUT2D eigenvalue weighted by Gasteiger charge is 2.53. The van der Waals surface area contributed by atoms with Crippen molar-refractivity contribution in [2.45, 2.75) is 343 Å². The highest BCUT2D eigenvalue weighted by atomic mass is 16.8. The predicted octanol–water partition coefficient (Wildman–Crippen LogP) is 7.10. The second kappa shape index (κ2) is 46.4. The Morgan fingerprint density at radius 1 is 0.439 bits per heavy atom. The van der Waals surface area contributed by atoms with E-state index >= 15 is 0 Å². The van der Waals surface area contributed by atoms with Crippen LogP contribution in [-0.4, -0.2) is 193 Å². The molecule has 0 aromatic carbocycles. The third-order valence-corrected chi connectivity index (χ3v) is 16.5. The molecule has 0 aromatic heterocycles. The Labute approximate surface area is 492 Å². The van der Waals surface area contributed by atoms with E-state index in [4.69, 9.17) is 28.4 Å². The zero-order valence-electron chi connectivity index (χ0n) is 50.5. The van der Waals surface area contributed by atoms with Crippen LogP contribution in [0.15, 0.2) is 24.3 Å². The Bertz CT molecular complexity index is 1590. The number of ether oxygens (including phenoxy) is 6. The molecular formula is C63H117NO18. The standard InChI is InChI=1S/C63H117NO18/c1-3-5-7-9-11-13-15-17-19-21-22-23-24-25-27-29-31-33-35-37-39-41-51(69)64-46(47(68)40-38-36-34-32-30-28-26-20-18-16-14-12-10-8-6-4-2)45-77-61-57(75)54(72)59(49(43-66)79-61)82-63-58(76)55(73)60(50(44-67)80-63)81-62-56(74)53(71)52(70)48(42-65)78-62/h15,17,21-22,46-50,52-63,65-68,70-76H,3-14,16,18-20,23-45H2,1-2H3,(H,64,69)/b17-15-,22-21-. The second-order valence-corrected chi connectivity index (χ2v) is 23.6. The minimum atomic E-state index is -1.97. The Hall–Kier alpha value is -1.73. The zero-order chi connectivity index (χ0) is 59.7. The fourth-order valence-electron chi connectivity index (χ4n) is 11.2. The molecule has 0 spiro atoms. The summed E-state index contributed by atoms with van der Waals surface area (Å²) in [6.07, 6.45) is 22.5. The number of carbonyl (C=O) groups is 1. The molecular weight excluding hydrogens is 1060 g/mol. The van der Waals surface area contributed by atoms with Gasteiger partial charge in [0.25, 0.3) is 0 Å². The molecule has 3 aliphatic rings. The molecule has 3 aliphatic heterocycles. The fourth-order valence-corrected chi connectivity index (χ4v) is 11.2. The number of hydrogen-bond donors (Lipinski definition) is 12. The molecule has 3 rings (SSSR count). The molecule has 1 amide bonds. The van der Waals surface area contributed by atoms with Crippen molar-refractivity contribution in [3.05, 3.63) is 24.3 Å². The van der Waals surface area contributed by atoms with Gasteiger partial charge in [-0.1, -0.05) is 212 Å². The average molecular weight is 1180 g/mol. The van der Waals surface area contributed by atoms with Gasteiger partial charge in [-0.25, -0.2) is 0 Å².